The summed E-state index contributed by atoms with van der Waals surface area (Å²) in [5.41, 5.74) is 3.90. The summed E-state index contributed by atoms with van der Waals surface area (Å²) < 4.78 is 37.3. The molecule has 0 saturated carbocycles. The fraction of sp³-hybridized carbons (Fsp3) is 0.111. The van der Waals surface area contributed by atoms with E-state index in [0.717, 1.165) is 18.4 Å². The molecule has 0 aliphatic heterocycles. The van der Waals surface area contributed by atoms with E-state index in [1.54, 1.807) is 6.07 Å². The Morgan fingerprint density at radius 2 is 2.12 bits per heavy atom. The Bertz CT molecular complexity index is 619. The summed E-state index contributed by atoms with van der Waals surface area (Å²) in [6.07, 6.45) is 0.815. The molecule has 0 aliphatic rings. The van der Waals surface area contributed by atoms with Gasteiger partial charge >= 0.3 is 0 Å². The van der Waals surface area contributed by atoms with Gasteiger partial charge in [-0.1, -0.05) is 0 Å². The maximum absolute atomic E-state index is 13.5. The van der Waals surface area contributed by atoms with E-state index in [2.05, 4.69) is 0 Å². The zero-order valence-corrected chi connectivity index (χ0v) is 9.51. The summed E-state index contributed by atoms with van der Waals surface area (Å²) in [5, 5.41) is 8.74. The second kappa shape index (κ2) is 4.39. The van der Waals surface area contributed by atoms with Crippen LogP contribution in [-0.2, 0) is 10.0 Å². The first-order valence-corrected chi connectivity index (χ1v) is 6.15. The summed E-state index contributed by atoms with van der Waals surface area (Å²) in [5.74, 6) is -1.95. The van der Waals surface area contributed by atoms with Crippen LogP contribution in [-0.4, -0.2) is 20.6 Å². The van der Waals surface area contributed by atoms with Gasteiger partial charge in [0, 0.05) is 5.56 Å². The van der Waals surface area contributed by atoms with Crippen LogP contribution in [0.2, 0.25) is 0 Å². The Hall–Kier alpha value is -2.14. The number of hydrogen-bond donors (Lipinski definition) is 2. The van der Waals surface area contributed by atoms with E-state index in [0.29, 0.717) is 0 Å². The van der Waals surface area contributed by atoms with Crippen LogP contribution < -0.4 is 10.5 Å². The molecule has 3 N–H and O–H groups in total. The second-order valence-electron chi connectivity index (χ2n) is 3.23. The van der Waals surface area contributed by atoms with Crippen molar-refractivity contribution in [3.63, 3.8) is 0 Å². The zero-order valence-electron chi connectivity index (χ0n) is 8.69. The lowest BCUT2D eigenvalue weighted by Gasteiger charge is -2.08. The number of amides is 1. The van der Waals surface area contributed by atoms with E-state index in [9.17, 15) is 17.6 Å². The number of anilines is 1. The maximum Gasteiger partial charge on any atom is 0.248 e. The van der Waals surface area contributed by atoms with Gasteiger partial charge in [0.1, 0.15) is 17.6 Å². The molecule has 0 atom stereocenters. The summed E-state index contributed by atoms with van der Waals surface area (Å²) >= 11 is 0. The molecule has 6 nitrogen and oxygen atoms in total. The van der Waals surface area contributed by atoms with Crippen LogP contribution in [0.5, 0.6) is 0 Å². The molecule has 0 heterocycles. The molecule has 0 aliphatic carbocycles. The number of primary amides is 1. The van der Waals surface area contributed by atoms with Crippen LogP contribution >= 0.6 is 0 Å². The summed E-state index contributed by atoms with van der Waals surface area (Å²) in [6.45, 7) is 0. The standard InChI is InChI=1S/C9H8FN3O3S/c1-17(15,16)13-8-6(4-11)2-5(9(12)14)3-7(8)10/h2-3,13H,1H3,(H2,12,14). The van der Waals surface area contributed by atoms with Gasteiger partial charge < -0.3 is 5.73 Å². The average molecular weight is 257 g/mol. The van der Waals surface area contributed by atoms with Gasteiger partial charge in [-0.15, -0.1) is 0 Å². The molecule has 1 aromatic rings. The van der Waals surface area contributed by atoms with E-state index in [1.165, 1.54) is 0 Å². The number of carbonyl (C=O) groups excluding carboxylic acids is 1. The maximum atomic E-state index is 13.5. The number of hydrogen-bond acceptors (Lipinski definition) is 4. The smallest absolute Gasteiger partial charge is 0.248 e. The lowest BCUT2D eigenvalue weighted by Crippen LogP contribution is -2.15. The fourth-order valence-electron chi connectivity index (χ4n) is 1.13. The number of nitriles is 1. The van der Waals surface area contributed by atoms with Gasteiger partial charge in [-0.05, 0) is 12.1 Å². The van der Waals surface area contributed by atoms with E-state index in [-0.39, 0.29) is 11.1 Å². The Kier molecular flexibility index (Phi) is 3.34. The number of nitrogens with one attached hydrogen (secondary N) is 1. The summed E-state index contributed by atoms with van der Waals surface area (Å²) in [6, 6.07) is 3.35. The minimum atomic E-state index is -3.72. The SMILES string of the molecule is CS(=O)(=O)Nc1c(F)cc(C(N)=O)cc1C#N. The molecule has 90 valence electrons. The van der Waals surface area contributed by atoms with Crippen molar-refractivity contribution < 1.29 is 17.6 Å². The first-order chi connectivity index (χ1) is 7.74. The number of nitrogens with two attached hydrogens (primary N) is 1. The fourth-order valence-corrected chi connectivity index (χ4v) is 1.70. The Morgan fingerprint density at radius 3 is 2.53 bits per heavy atom. The van der Waals surface area contributed by atoms with Gasteiger partial charge in [-0.25, -0.2) is 12.8 Å². The Morgan fingerprint density at radius 1 is 1.53 bits per heavy atom. The average Bonchev–Trinajstić information content (AvgIpc) is 2.18. The Labute approximate surface area is 96.9 Å². The van der Waals surface area contributed by atoms with Crippen molar-refractivity contribution in [2.75, 3.05) is 11.0 Å². The van der Waals surface area contributed by atoms with E-state index < -0.39 is 27.4 Å². The number of halogens is 1. The third kappa shape index (κ3) is 3.15. The monoisotopic (exact) mass is 257 g/mol. The zero-order chi connectivity index (χ0) is 13.2. The van der Waals surface area contributed by atoms with Crippen molar-refractivity contribution in [3.8, 4) is 6.07 Å². The van der Waals surface area contributed by atoms with Crippen LogP contribution in [0.25, 0.3) is 0 Å². The largest absolute Gasteiger partial charge is 0.366 e. The highest BCUT2D eigenvalue weighted by Crippen LogP contribution is 2.22. The highest BCUT2D eigenvalue weighted by atomic mass is 32.2. The highest BCUT2D eigenvalue weighted by Gasteiger charge is 2.16. The van der Waals surface area contributed by atoms with Gasteiger partial charge in [0.25, 0.3) is 0 Å². The second-order valence-corrected chi connectivity index (χ2v) is 4.98. The van der Waals surface area contributed by atoms with Crippen LogP contribution in [0, 0.1) is 17.1 Å². The van der Waals surface area contributed by atoms with Gasteiger partial charge in [0.2, 0.25) is 15.9 Å². The summed E-state index contributed by atoms with van der Waals surface area (Å²) in [4.78, 5) is 10.8. The molecule has 17 heavy (non-hydrogen) atoms. The van der Waals surface area contributed by atoms with Crippen molar-refractivity contribution >= 4 is 21.6 Å². The molecule has 8 heteroatoms. The summed E-state index contributed by atoms with van der Waals surface area (Å²) in [7, 11) is -3.72. The molecule has 0 saturated heterocycles. The van der Waals surface area contributed by atoms with E-state index in [4.69, 9.17) is 11.0 Å². The quantitative estimate of drug-likeness (QED) is 0.803. The molecule has 1 rings (SSSR count). The first-order valence-electron chi connectivity index (χ1n) is 4.26. The molecule has 0 radical (unpaired) electrons. The van der Waals surface area contributed by atoms with Gasteiger partial charge in [0.15, 0.2) is 0 Å². The van der Waals surface area contributed by atoms with Crippen LogP contribution in [0.3, 0.4) is 0 Å². The Balaban J connectivity index is 3.43. The first kappa shape index (κ1) is 12.9. The third-order valence-electron chi connectivity index (χ3n) is 1.78. The van der Waals surface area contributed by atoms with Crippen LogP contribution in [0.15, 0.2) is 12.1 Å². The molecule has 0 aromatic heterocycles. The van der Waals surface area contributed by atoms with Crippen molar-refractivity contribution in [3.05, 3.63) is 29.1 Å². The molecular weight excluding hydrogens is 249 g/mol. The molecule has 0 fully saturated rings. The molecule has 0 unspecified atom stereocenters. The molecule has 0 spiro atoms. The molecule has 1 aromatic carbocycles. The van der Waals surface area contributed by atoms with Crippen LogP contribution in [0.4, 0.5) is 10.1 Å². The van der Waals surface area contributed by atoms with Crippen molar-refractivity contribution in [1.29, 1.82) is 5.26 Å². The molecule has 0 bridgehead atoms. The number of nitrogens with zero attached hydrogens (tertiary/aromatic N) is 1. The normalized spacial score (nSPS) is 10.6. The van der Waals surface area contributed by atoms with E-state index in [1.807, 2.05) is 4.72 Å². The highest BCUT2D eigenvalue weighted by molar-refractivity contribution is 7.92. The minimum absolute atomic E-state index is 0.210. The minimum Gasteiger partial charge on any atom is -0.366 e. The van der Waals surface area contributed by atoms with Crippen molar-refractivity contribution in [2.45, 2.75) is 0 Å². The van der Waals surface area contributed by atoms with Gasteiger partial charge in [0.05, 0.1) is 11.8 Å². The molecule has 1 amide bonds. The van der Waals surface area contributed by atoms with Gasteiger partial charge in [-0.3, -0.25) is 9.52 Å². The molecular formula is C9H8FN3O3S. The lowest BCUT2D eigenvalue weighted by atomic mass is 10.1. The topological polar surface area (TPSA) is 113 Å². The number of rotatable bonds is 3. The van der Waals surface area contributed by atoms with E-state index >= 15 is 0 Å². The number of carbonyl (C=O) groups is 1. The number of sulfonamides is 1. The lowest BCUT2D eigenvalue weighted by molar-refractivity contribution is 0.1000. The van der Waals surface area contributed by atoms with Gasteiger partial charge in [-0.2, -0.15) is 5.26 Å². The predicted molar refractivity (Wildman–Crippen MR) is 58.1 cm³/mol. The van der Waals surface area contributed by atoms with Crippen molar-refractivity contribution in [2.24, 2.45) is 5.73 Å². The predicted octanol–water partition coefficient (Wildman–Crippen LogP) is 0.168. The van der Waals surface area contributed by atoms with Crippen LogP contribution in [0.1, 0.15) is 15.9 Å². The van der Waals surface area contributed by atoms with Crippen molar-refractivity contribution in [1.82, 2.24) is 0 Å². The number of benzene rings is 1. The third-order valence-corrected chi connectivity index (χ3v) is 2.36.